The number of H-pyrrole nitrogens is 1. The summed E-state index contributed by atoms with van der Waals surface area (Å²) < 4.78 is 19.6. The second kappa shape index (κ2) is 4.87. The minimum Gasteiger partial charge on any atom is -0.494 e. The lowest BCUT2D eigenvalue weighted by Crippen LogP contribution is -2.34. The Balaban J connectivity index is 2.47. The Morgan fingerprint density at radius 2 is 2.11 bits per heavy atom. The summed E-state index contributed by atoms with van der Waals surface area (Å²) in [5.41, 5.74) is -0.848. The van der Waals surface area contributed by atoms with Crippen molar-refractivity contribution in [3.8, 4) is 5.75 Å². The monoisotopic (exact) mass is 250 g/mol. The van der Waals surface area contributed by atoms with E-state index in [1.807, 2.05) is 0 Å². The van der Waals surface area contributed by atoms with Crippen LogP contribution in [0.3, 0.4) is 0 Å². The van der Waals surface area contributed by atoms with Crippen LogP contribution in [0, 0.1) is 5.82 Å². The van der Waals surface area contributed by atoms with Crippen molar-refractivity contribution < 1.29 is 9.13 Å². The van der Waals surface area contributed by atoms with Gasteiger partial charge in [-0.1, -0.05) is 12.1 Å². The number of hydrogen-bond acceptors (Lipinski definition) is 3. The number of hydrogen-bond donors (Lipinski definition) is 1. The molecule has 0 saturated heterocycles. The molecule has 0 spiro atoms. The molecule has 0 aliphatic rings. The average molecular weight is 250 g/mol. The molecule has 0 aliphatic carbocycles. The molecule has 0 amide bonds. The molecule has 0 unspecified atom stereocenters. The van der Waals surface area contributed by atoms with Crippen LogP contribution in [0.5, 0.6) is 5.75 Å². The summed E-state index contributed by atoms with van der Waals surface area (Å²) in [6.45, 7) is -0.141. The fourth-order valence-corrected chi connectivity index (χ4v) is 1.61. The van der Waals surface area contributed by atoms with Crippen molar-refractivity contribution in [2.45, 2.75) is 6.54 Å². The van der Waals surface area contributed by atoms with E-state index in [4.69, 9.17) is 4.74 Å². The molecule has 0 atom stereocenters. The van der Waals surface area contributed by atoms with Gasteiger partial charge >= 0.3 is 5.69 Å². The van der Waals surface area contributed by atoms with Crippen molar-refractivity contribution >= 4 is 0 Å². The van der Waals surface area contributed by atoms with Gasteiger partial charge in [0, 0.05) is 17.8 Å². The van der Waals surface area contributed by atoms with Crippen LogP contribution >= 0.6 is 0 Å². The average Bonchev–Trinajstić information content (AvgIpc) is 2.36. The van der Waals surface area contributed by atoms with Gasteiger partial charge in [-0.15, -0.1) is 0 Å². The summed E-state index contributed by atoms with van der Waals surface area (Å²) in [6.07, 6.45) is 1.25. The van der Waals surface area contributed by atoms with Crippen molar-refractivity contribution in [3.05, 3.63) is 62.7 Å². The van der Waals surface area contributed by atoms with Crippen LogP contribution in [-0.2, 0) is 6.54 Å². The molecule has 1 N–H and O–H groups in total. The fraction of sp³-hybridized carbons (Fsp3) is 0.167. The standard InChI is InChI=1S/C12H11FN2O3/c1-18-9-4-2-3-8(11(9)13)7-15-10(16)5-6-14-12(15)17/h2-6H,7H2,1H3,(H,14,17). The lowest BCUT2D eigenvalue weighted by Gasteiger charge is -2.08. The summed E-state index contributed by atoms with van der Waals surface area (Å²) >= 11 is 0. The van der Waals surface area contributed by atoms with Crippen molar-refractivity contribution in [1.82, 2.24) is 9.55 Å². The Kier molecular flexibility index (Phi) is 3.27. The van der Waals surface area contributed by atoms with Gasteiger partial charge in [0.2, 0.25) is 0 Å². The Bertz CT molecular complexity index is 647. The number of aromatic amines is 1. The molecule has 1 aromatic heterocycles. The molecule has 1 heterocycles. The first-order chi connectivity index (χ1) is 8.63. The van der Waals surface area contributed by atoms with Crippen LogP contribution in [0.2, 0.25) is 0 Å². The second-order valence-corrected chi connectivity index (χ2v) is 3.64. The molecule has 6 heteroatoms. The Labute approximate surface area is 101 Å². The number of rotatable bonds is 3. The third-order valence-corrected chi connectivity index (χ3v) is 2.54. The quantitative estimate of drug-likeness (QED) is 0.873. The van der Waals surface area contributed by atoms with Crippen LogP contribution in [0.25, 0.3) is 0 Å². The van der Waals surface area contributed by atoms with Gasteiger partial charge in [-0.25, -0.2) is 9.18 Å². The summed E-state index contributed by atoms with van der Waals surface area (Å²) in [5, 5.41) is 0. The van der Waals surface area contributed by atoms with Crippen LogP contribution < -0.4 is 16.0 Å². The smallest absolute Gasteiger partial charge is 0.328 e. The van der Waals surface area contributed by atoms with Crippen molar-refractivity contribution in [2.75, 3.05) is 7.11 Å². The number of methoxy groups -OCH3 is 1. The van der Waals surface area contributed by atoms with Crippen LogP contribution in [0.15, 0.2) is 40.1 Å². The number of nitrogens with zero attached hydrogens (tertiary/aromatic N) is 1. The highest BCUT2D eigenvalue weighted by Crippen LogP contribution is 2.19. The summed E-state index contributed by atoms with van der Waals surface area (Å²) in [5.74, 6) is -0.497. The van der Waals surface area contributed by atoms with Gasteiger partial charge in [0.15, 0.2) is 11.6 Å². The highest BCUT2D eigenvalue weighted by Gasteiger charge is 2.10. The lowest BCUT2D eigenvalue weighted by atomic mass is 10.2. The van der Waals surface area contributed by atoms with Gasteiger partial charge in [-0.05, 0) is 6.07 Å². The van der Waals surface area contributed by atoms with Crippen molar-refractivity contribution in [2.24, 2.45) is 0 Å². The number of nitrogens with one attached hydrogen (secondary N) is 1. The van der Waals surface area contributed by atoms with E-state index in [0.717, 1.165) is 4.57 Å². The van der Waals surface area contributed by atoms with Gasteiger partial charge in [-0.2, -0.15) is 0 Å². The molecule has 0 radical (unpaired) electrons. The van der Waals surface area contributed by atoms with Crippen LogP contribution in [0.4, 0.5) is 4.39 Å². The molecule has 94 valence electrons. The van der Waals surface area contributed by atoms with E-state index < -0.39 is 17.1 Å². The van der Waals surface area contributed by atoms with Crippen LogP contribution in [0.1, 0.15) is 5.56 Å². The molecule has 2 aromatic rings. The molecule has 1 aromatic carbocycles. The molecule has 0 aliphatic heterocycles. The number of aromatic nitrogens is 2. The topological polar surface area (TPSA) is 64.1 Å². The van der Waals surface area contributed by atoms with E-state index >= 15 is 0 Å². The van der Waals surface area contributed by atoms with Crippen molar-refractivity contribution in [1.29, 1.82) is 0 Å². The molecule has 2 rings (SSSR count). The third-order valence-electron chi connectivity index (χ3n) is 2.54. The van der Waals surface area contributed by atoms with Gasteiger partial charge in [0.05, 0.1) is 13.7 Å². The normalized spacial score (nSPS) is 10.3. The molecule has 0 fully saturated rings. The van der Waals surface area contributed by atoms with E-state index in [2.05, 4.69) is 4.98 Å². The van der Waals surface area contributed by atoms with Gasteiger partial charge in [0.1, 0.15) is 0 Å². The number of halogens is 1. The fourth-order valence-electron chi connectivity index (χ4n) is 1.61. The first kappa shape index (κ1) is 12.1. The summed E-state index contributed by atoms with van der Waals surface area (Å²) in [7, 11) is 1.35. The number of benzene rings is 1. The lowest BCUT2D eigenvalue weighted by molar-refractivity contribution is 0.383. The Hall–Kier alpha value is -2.37. The maximum atomic E-state index is 13.9. The van der Waals surface area contributed by atoms with E-state index in [1.54, 1.807) is 6.07 Å². The predicted molar refractivity (Wildman–Crippen MR) is 63.4 cm³/mol. The largest absolute Gasteiger partial charge is 0.494 e. The first-order valence-corrected chi connectivity index (χ1v) is 5.23. The second-order valence-electron chi connectivity index (χ2n) is 3.64. The molecule has 18 heavy (non-hydrogen) atoms. The molecule has 0 saturated carbocycles. The van der Waals surface area contributed by atoms with E-state index in [9.17, 15) is 14.0 Å². The van der Waals surface area contributed by atoms with Crippen molar-refractivity contribution in [3.63, 3.8) is 0 Å². The highest BCUT2D eigenvalue weighted by molar-refractivity contribution is 5.31. The van der Waals surface area contributed by atoms with Gasteiger partial charge in [-0.3, -0.25) is 9.36 Å². The first-order valence-electron chi connectivity index (χ1n) is 5.23. The van der Waals surface area contributed by atoms with Gasteiger partial charge < -0.3 is 9.72 Å². The zero-order valence-electron chi connectivity index (χ0n) is 9.64. The minimum absolute atomic E-state index is 0.0768. The minimum atomic E-state index is -0.579. The Morgan fingerprint density at radius 3 is 2.78 bits per heavy atom. The molecular weight excluding hydrogens is 239 g/mol. The van der Waals surface area contributed by atoms with E-state index in [0.29, 0.717) is 0 Å². The Morgan fingerprint density at radius 1 is 1.33 bits per heavy atom. The summed E-state index contributed by atoms with van der Waals surface area (Å²) in [4.78, 5) is 25.3. The zero-order chi connectivity index (χ0) is 13.1. The van der Waals surface area contributed by atoms with E-state index in [-0.39, 0.29) is 17.9 Å². The zero-order valence-corrected chi connectivity index (χ0v) is 9.64. The predicted octanol–water partition coefficient (Wildman–Crippen LogP) is 0.733. The van der Waals surface area contributed by atoms with Crippen LogP contribution in [-0.4, -0.2) is 16.7 Å². The number of ether oxygens (including phenoxy) is 1. The van der Waals surface area contributed by atoms with Gasteiger partial charge in [0.25, 0.3) is 5.56 Å². The molecule has 0 bridgehead atoms. The summed E-state index contributed by atoms with van der Waals surface area (Å²) in [6, 6.07) is 5.77. The van der Waals surface area contributed by atoms with E-state index in [1.165, 1.54) is 31.5 Å². The molecular formula is C12H11FN2O3. The highest BCUT2D eigenvalue weighted by atomic mass is 19.1. The molecule has 5 nitrogen and oxygen atoms in total. The third kappa shape index (κ3) is 2.17. The maximum Gasteiger partial charge on any atom is 0.328 e. The SMILES string of the molecule is COc1cccc(Cn2c(=O)cc[nH]c2=O)c1F. The maximum absolute atomic E-state index is 13.9.